The molecule has 0 bridgehead atoms. The molecule has 1 aromatic rings. The Morgan fingerprint density at radius 1 is 1.18 bits per heavy atom. The fourth-order valence-corrected chi connectivity index (χ4v) is 3.26. The van der Waals surface area contributed by atoms with Crippen LogP contribution in [0.2, 0.25) is 0 Å². The predicted molar refractivity (Wildman–Crippen MR) is 116 cm³/mol. The van der Waals surface area contributed by atoms with E-state index in [1.165, 1.54) is 48.2 Å². The lowest BCUT2D eigenvalue weighted by molar-refractivity contribution is -0.110. The number of nitrogens with one attached hydrogen (secondary N) is 2. The molecule has 28 heavy (non-hydrogen) atoms. The molecule has 1 amide bonds. The fraction of sp³-hybridized carbons (Fsp3) is 0. The predicted octanol–water partition coefficient (Wildman–Crippen LogP) is 3.53. The zero-order valence-corrected chi connectivity index (χ0v) is 16.7. The molecule has 0 unspecified atom stereocenters. The van der Waals surface area contributed by atoms with Gasteiger partial charge in [0.05, 0.1) is 11.9 Å². The number of thioether (sulfide) groups is 1. The van der Waals surface area contributed by atoms with Crippen molar-refractivity contribution in [2.75, 3.05) is 5.32 Å². The number of allylic oxidation sites excluding steroid dienone is 5. The normalized spacial score (nSPS) is 12.3. The Morgan fingerprint density at radius 2 is 1.93 bits per heavy atom. The number of sulfonamides is 1. The largest absolute Gasteiger partial charge is 0.319 e. The van der Waals surface area contributed by atoms with Gasteiger partial charge in [0.15, 0.2) is 5.04 Å². The molecule has 0 aliphatic carbocycles. The summed E-state index contributed by atoms with van der Waals surface area (Å²) in [6.07, 6.45) is 11.2. The second-order valence-electron chi connectivity index (χ2n) is 4.82. The molecule has 7 nitrogen and oxygen atoms in total. The van der Waals surface area contributed by atoms with Crippen LogP contribution < -0.4 is 10.0 Å². The molecule has 1 rings (SSSR count). The molecule has 0 fully saturated rings. The number of pyridine rings is 1. The maximum absolute atomic E-state index is 12.6. The number of aliphatic imine (C=N–C) groups is 1. The number of aromatic nitrogens is 1. The van der Waals surface area contributed by atoms with Gasteiger partial charge in [0, 0.05) is 18.1 Å². The van der Waals surface area contributed by atoms with E-state index < -0.39 is 15.9 Å². The van der Waals surface area contributed by atoms with Crippen LogP contribution in [0.4, 0.5) is 5.69 Å². The lowest BCUT2D eigenvalue weighted by Crippen LogP contribution is -2.23. The van der Waals surface area contributed by atoms with Crippen LogP contribution in [0.3, 0.4) is 0 Å². The average molecular weight is 417 g/mol. The minimum Gasteiger partial charge on any atom is -0.319 e. The van der Waals surface area contributed by atoms with Gasteiger partial charge in [0.2, 0.25) is 0 Å². The number of carbonyl (C=O) groups is 1. The zero-order chi connectivity index (χ0) is 21.0. The number of anilines is 1. The Morgan fingerprint density at radius 3 is 2.54 bits per heavy atom. The third kappa shape index (κ3) is 7.22. The Bertz CT molecular complexity index is 961. The molecule has 0 aromatic carbocycles. The minimum absolute atomic E-state index is 0.0992. The summed E-state index contributed by atoms with van der Waals surface area (Å²) in [4.78, 5) is 19.8. The van der Waals surface area contributed by atoms with Crippen LogP contribution in [0.25, 0.3) is 0 Å². The lowest BCUT2D eigenvalue weighted by Gasteiger charge is -2.10. The van der Waals surface area contributed by atoms with Gasteiger partial charge < -0.3 is 5.32 Å². The van der Waals surface area contributed by atoms with Crippen LogP contribution in [0, 0.1) is 0 Å². The Labute approximate surface area is 169 Å². The molecule has 0 atom stereocenters. The molecule has 1 heterocycles. The van der Waals surface area contributed by atoms with E-state index in [9.17, 15) is 13.2 Å². The van der Waals surface area contributed by atoms with E-state index in [1.54, 1.807) is 6.08 Å². The first-order chi connectivity index (χ1) is 13.4. The number of hydrogen-bond donors (Lipinski definition) is 2. The summed E-state index contributed by atoms with van der Waals surface area (Å²) in [7, 11) is -3.94. The van der Waals surface area contributed by atoms with E-state index in [2.05, 4.69) is 46.3 Å². The molecule has 0 saturated carbocycles. The summed E-state index contributed by atoms with van der Waals surface area (Å²) in [6.45, 7) is 14.1. The molecule has 9 heteroatoms. The van der Waals surface area contributed by atoms with Crippen LogP contribution in [0.1, 0.15) is 0 Å². The van der Waals surface area contributed by atoms with E-state index >= 15 is 0 Å². The van der Waals surface area contributed by atoms with Gasteiger partial charge in [0.25, 0.3) is 15.9 Å². The quantitative estimate of drug-likeness (QED) is 0.364. The smallest absolute Gasteiger partial charge is 0.281 e. The minimum atomic E-state index is -3.94. The monoisotopic (exact) mass is 416 g/mol. The second-order valence-corrected chi connectivity index (χ2v) is 7.46. The first-order valence-corrected chi connectivity index (χ1v) is 10.1. The number of carbonyl (C=O) groups excluding carboxylic acids is 1. The molecule has 0 saturated heterocycles. The van der Waals surface area contributed by atoms with Crippen molar-refractivity contribution in [3.63, 3.8) is 0 Å². The number of rotatable bonds is 9. The highest BCUT2D eigenvalue weighted by Gasteiger charge is 2.17. The van der Waals surface area contributed by atoms with E-state index in [-0.39, 0.29) is 21.3 Å². The summed E-state index contributed by atoms with van der Waals surface area (Å²) in [5.41, 5.74) is 0.470. The molecule has 0 spiro atoms. The van der Waals surface area contributed by atoms with Crippen molar-refractivity contribution >= 4 is 38.4 Å². The van der Waals surface area contributed by atoms with E-state index in [4.69, 9.17) is 0 Å². The number of nitrogens with zero attached hydrogens (tertiary/aromatic N) is 2. The summed E-state index contributed by atoms with van der Waals surface area (Å²) in [5.74, 6) is -0.546. The highest BCUT2D eigenvalue weighted by Crippen LogP contribution is 2.16. The highest BCUT2D eigenvalue weighted by molar-refractivity contribution is 8.18. The van der Waals surface area contributed by atoms with Crippen molar-refractivity contribution in [1.29, 1.82) is 0 Å². The van der Waals surface area contributed by atoms with Gasteiger partial charge >= 0.3 is 0 Å². The van der Waals surface area contributed by atoms with E-state index in [0.29, 0.717) is 0 Å². The fourth-order valence-electron chi connectivity index (χ4n) is 1.76. The van der Waals surface area contributed by atoms with Crippen molar-refractivity contribution in [3.05, 3.63) is 92.5 Å². The van der Waals surface area contributed by atoms with Crippen molar-refractivity contribution in [2.45, 2.75) is 4.90 Å². The molecule has 2 N–H and O–H groups in total. The first-order valence-electron chi connectivity index (χ1n) is 7.75. The van der Waals surface area contributed by atoms with E-state index in [1.807, 2.05) is 0 Å². The second kappa shape index (κ2) is 11.5. The van der Waals surface area contributed by atoms with Crippen molar-refractivity contribution < 1.29 is 13.2 Å². The van der Waals surface area contributed by atoms with Gasteiger partial charge in [-0.1, -0.05) is 56.3 Å². The van der Waals surface area contributed by atoms with Crippen LogP contribution in [-0.4, -0.2) is 24.4 Å². The van der Waals surface area contributed by atoms with Crippen LogP contribution in [0.5, 0.6) is 0 Å². The van der Waals surface area contributed by atoms with Crippen LogP contribution in [0.15, 0.2) is 102 Å². The zero-order valence-electron chi connectivity index (χ0n) is 15.0. The van der Waals surface area contributed by atoms with Gasteiger partial charge in [-0.2, -0.15) is 0 Å². The first kappa shape index (κ1) is 22.9. The summed E-state index contributed by atoms with van der Waals surface area (Å²) in [6, 6.07) is 1.28. The molecular weight excluding hydrogens is 396 g/mol. The van der Waals surface area contributed by atoms with Crippen molar-refractivity contribution in [1.82, 2.24) is 9.71 Å². The van der Waals surface area contributed by atoms with Gasteiger partial charge in [-0.3, -0.25) is 14.5 Å². The topological polar surface area (TPSA) is 101 Å². The SMILES string of the molecule is C=C/C=C\C(=C/C=C)NS(=O)(=O)c1cncc(NC(=O)C(=NC=C)SC=C)c1. The molecule has 0 aliphatic rings. The Hall–Kier alpha value is -3.17. The average Bonchev–Trinajstić information content (AvgIpc) is 2.66. The molecule has 146 valence electrons. The molecule has 0 radical (unpaired) electrons. The van der Waals surface area contributed by atoms with Crippen LogP contribution in [-0.2, 0) is 14.8 Å². The maximum Gasteiger partial charge on any atom is 0.281 e. The van der Waals surface area contributed by atoms with Gasteiger partial charge in [-0.15, -0.1) is 0 Å². The standard InChI is InChI=1S/C19H20N4O3S2/c1-5-9-11-15(10-6-2)23-28(25,26)17-12-16(13-20-14-17)22-18(24)19(21-7-3)27-8-4/h5-14,23H,1-4H2,(H,22,24)/b11-9-,15-10+,21-19?. The van der Waals surface area contributed by atoms with Gasteiger partial charge in [-0.25, -0.2) is 13.4 Å². The van der Waals surface area contributed by atoms with E-state index in [0.717, 1.165) is 18.0 Å². The Balaban J connectivity index is 3.11. The molecule has 1 aromatic heterocycles. The summed E-state index contributed by atoms with van der Waals surface area (Å²) in [5, 5.41) is 4.08. The van der Waals surface area contributed by atoms with Gasteiger partial charge in [-0.05, 0) is 23.6 Å². The van der Waals surface area contributed by atoms with Gasteiger partial charge in [0.1, 0.15) is 4.90 Å². The number of hydrogen-bond acceptors (Lipinski definition) is 6. The summed E-state index contributed by atoms with van der Waals surface area (Å²) >= 11 is 1.01. The van der Waals surface area contributed by atoms with Crippen molar-refractivity contribution in [3.8, 4) is 0 Å². The van der Waals surface area contributed by atoms with Crippen LogP contribution >= 0.6 is 11.8 Å². The summed E-state index contributed by atoms with van der Waals surface area (Å²) < 4.78 is 27.6. The number of amides is 1. The molecular formula is C19H20N4O3S2. The van der Waals surface area contributed by atoms with Crippen molar-refractivity contribution in [2.24, 2.45) is 4.99 Å². The third-order valence-electron chi connectivity index (χ3n) is 2.84. The Kier molecular flexibility index (Phi) is 9.41. The molecule has 0 aliphatic heterocycles. The lowest BCUT2D eigenvalue weighted by atomic mass is 10.3. The maximum atomic E-state index is 12.6. The highest BCUT2D eigenvalue weighted by atomic mass is 32.2. The third-order valence-corrected chi connectivity index (χ3v) is 4.87.